The van der Waals surface area contributed by atoms with Gasteiger partial charge in [0.05, 0.1) is 29.6 Å². The third-order valence-electron chi connectivity index (χ3n) is 9.85. The predicted octanol–water partition coefficient (Wildman–Crippen LogP) is 6.80. The highest BCUT2D eigenvalue weighted by Crippen LogP contribution is 2.42. The largest absolute Gasteiger partial charge is 0.461 e. The summed E-state index contributed by atoms with van der Waals surface area (Å²) < 4.78 is 53.1. The van der Waals surface area contributed by atoms with Crippen LogP contribution in [0, 0.1) is 23.0 Å². The van der Waals surface area contributed by atoms with Crippen molar-refractivity contribution in [1.29, 1.82) is 5.26 Å². The maximum Gasteiger partial charge on any atom is 0.319 e. The monoisotopic (exact) mass is 660 g/mol. The molecule has 3 aliphatic heterocycles. The zero-order valence-corrected chi connectivity index (χ0v) is 26.4. The van der Waals surface area contributed by atoms with Crippen LogP contribution in [0.3, 0.4) is 0 Å². The lowest BCUT2D eigenvalue weighted by atomic mass is 9.95. The Balaban J connectivity index is 1.36. The van der Waals surface area contributed by atoms with Crippen molar-refractivity contribution in [2.24, 2.45) is 0 Å². The van der Waals surface area contributed by atoms with E-state index in [0.29, 0.717) is 17.0 Å². The lowest BCUT2D eigenvalue weighted by molar-refractivity contribution is -0.131. The van der Waals surface area contributed by atoms with Crippen molar-refractivity contribution in [1.82, 2.24) is 19.8 Å². The second-order valence-electron chi connectivity index (χ2n) is 12.5. The van der Waals surface area contributed by atoms with Crippen molar-refractivity contribution < 1.29 is 22.7 Å². The van der Waals surface area contributed by atoms with Crippen LogP contribution in [-0.2, 0) is 4.79 Å². The number of piperazine rings is 1. The molecule has 0 spiro atoms. The molecule has 47 heavy (non-hydrogen) atoms. The molecule has 7 rings (SSSR count). The Kier molecular flexibility index (Phi) is 8.18. The predicted molar refractivity (Wildman–Crippen MR) is 174 cm³/mol. The Bertz CT molecular complexity index is 1950. The van der Waals surface area contributed by atoms with Crippen LogP contribution >= 0.6 is 11.6 Å². The van der Waals surface area contributed by atoms with Crippen LogP contribution in [0.15, 0.2) is 54.9 Å². The Hall–Kier alpha value is -4.40. The SMILES string of the molecule is C=C(F)C(=O)N1CCN(c2nc(OCC34CCCN3CCC4)nc3c(F)c(-c4cccc5cccc(Cl)c45)c(F)cc23)C[C@@H]1CC#N. The standard InChI is InChI=1S/C35H32ClF3N6O2/c1-21(37)33(46)45-17-16-43(19-23(45)10-13-40)32-25-18-27(38)29(24-8-2-6-22-7-3-9-26(36)28(22)24)30(39)31(25)41-34(42-32)47-20-35-11-4-14-44(35)15-5-12-35/h2-3,6-9,18,23H,1,4-5,10-12,14-17,19-20H2/t23-/m0/s1. The summed E-state index contributed by atoms with van der Waals surface area (Å²) in [6.07, 6.45) is 3.99. The summed E-state index contributed by atoms with van der Waals surface area (Å²) in [7, 11) is 0. The van der Waals surface area contributed by atoms with Crippen molar-refractivity contribution in [3.8, 4) is 23.2 Å². The highest BCUT2D eigenvalue weighted by Gasteiger charge is 2.45. The molecule has 4 aromatic rings. The molecule has 3 fully saturated rings. The van der Waals surface area contributed by atoms with Crippen LogP contribution in [0.5, 0.6) is 6.01 Å². The van der Waals surface area contributed by atoms with Gasteiger partial charge in [-0.1, -0.05) is 48.5 Å². The van der Waals surface area contributed by atoms with E-state index in [1.54, 1.807) is 29.2 Å². The quantitative estimate of drug-likeness (QED) is 0.202. The molecule has 0 saturated carbocycles. The fourth-order valence-electron chi connectivity index (χ4n) is 7.63. The van der Waals surface area contributed by atoms with Gasteiger partial charge in [-0.3, -0.25) is 9.69 Å². The first kappa shape index (κ1) is 31.2. The summed E-state index contributed by atoms with van der Waals surface area (Å²) in [6, 6.07) is 12.9. The summed E-state index contributed by atoms with van der Waals surface area (Å²) in [5, 5.41) is 11.2. The number of benzene rings is 3. The number of nitrogens with zero attached hydrogens (tertiary/aromatic N) is 6. The van der Waals surface area contributed by atoms with Gasteiger partial charge in [0, 0.05) is 35.4 Å². The number of carbonyl (C=O) groups is 1. The molecular weight excluding hydrogens is 629 g/mol. The summed E-state index contributed by atoms with van der Waals surface area (Å²) in [6.45, 7) is 5.71. The van der Waals surface area contributed by atoms with Crippen LogP contribution in [0.2, 0.25) is 5.02 Å². The van der Waals surface area contributed by atoms with E-state index in [9.17, 15) is 14.4 Å². The fourth-order valence-corrected chi connectivity index (χ4v) is 7.91. The second-order valence-corrected chi connectivity index (χ2v) is 12.9. The first-order valence-electron chi connectivity index (χ1n) is 15.7. The number of rotatable bonds is 7. The first-order valence-corrected chi connectivity index (χ1v) is 16.1. The van der Waals surface area contributed by atoms with Crippen molar-refractivity contribution in [2.75, 3.05) is 44.2 Å². The van der Waals surface area contributed by atoms with E-state index in [2.05, 4.69) is 27.5 Å². The molecule has 3 aliphatic rings. The van der Waals surface area contributed by atoms with Crippen molar-refractivity contribution >= 4 is 45.0 Å². The number of amides is 1. The van der Waals surface area contributed by atoms with Crippen molar-refractivity contribution in [2.45, 2.75) is 43.7 Å². The van der Waals surface area contributed by atoms with Gasteiger partial charge in [-0.15, -0.1) is 0 Å². The molecule has 0 radical (unpaired) electrons. The highest BCUT2D eigenvalue weighted by molar-refractivity contribution is 6.36. The van der Waals surface area contributed by atoms with E-state index < -0.39 is 29.4 Å². The number of fused-ring (bicyclic) bond motifs is 3. The molecule has 1 aromatic heterocycles. The molecule has 0 bridgehead atoms. The van der Waals surface area contributed by atoms with E-state index in [0.717, 1.165) is 44.2 Å². The second kappa shape index (κ2) is 12.3. The van der Waals surface area contributed by atoms with Crippen molar-refractivity contribution in [3.05, 3.63) is 71.5 Å². The van der Waals surface area contributed by atoms with Gasteiger partial charge in [0.1, 0.15) is 23.8 Å². The molecule has 12 heteroatoms. The summed E-state index contributed by atoms with van der Waals surface area (Å²) in [5.74, 6) is -3.54. The molecule has 0 aliphatic carbocycles. The molecule has 3 aromatic carbocycles. The van der Waals surface area contributed by atoms with Gasteiger partial charge in [-0.25, -0.2) is 13.2 Å². The molecule has 1 atom stereocenters. The summed E-state index contributed by atoms with van der Waals surface area (Å²) in [5.41, 5.74) is -0.261. The molecule has 8 nitrogen and oxygen atoms in total. The Morgan fingerprint density at radius 3 is 2.57 bits per heavy atom. The Morgan fingerprint density at radius 1 is 1.11 bits per heavy atom. The van der Waals surface area contributed by atoms with E-state index in [4.69, 9.17) is 16.3 Å². The van der Waals surface area contributed by atoms with E-state index in [1.165, 1.54) is 11.0 Å². The first-order chi connectivity index (χ1) is 22.7. The molecule has 4 heterocycles. The number of halogens is 4. The number of nitriles is 1. The maximum absolute atomic E-state index is 16.8. The molecule has 1 amide bonds. The Labute approximate surface area is 275 Å². The molecule has 0 unspecified atom stereocenters. The van der Waals surface area contributed by atoms with Gasteiger partial charge >= 0.3 is 6.01 Å². The van der Waals surface area contributed by atoms with Crippen molar-refractivity contribution in [3.63, 3.8) is 0 Å². The fraction of sp³-hybridized carbons (Fsp3) is 0.371. The van der Waals surface area contributed by atoms with Gasteiger partial charge in [0.2, 0.25) is 0 Å². The lowest BCUT2D eigenvalue weighted by Crippen LogP contribution is -2.55. The van der Waals surface area contributed by atoms with Crippen LogP contribution in [-0.4, -0.2) is 76.6 Å². The van der Waals surface area contributed by atoms with Gasteiger partial charge in [-0.05, 0) is 61.9 Å². The van der Waals surface area contributed by atoms with Gasteiger partial charge in [0.15, 0.2) is 11.6 Å². The number of carbonyl (C=O) groups excluding carboxylic acids is 1. The van der Waals surface area contributed by atoms with E-state index in [-0.39, 0.29) is 65.5 Å². The number of hydrogen-bond acceptors (Lipinski definition) is 7. The van der Waals surface area contributed by atoms with E-state index in [1.807, 2.05) is 12.1 Å². The molecule has 0 N–H and O–H groups in total. The topological polar surface area (TPSA) is 85.6 Å². The normalized spacial score (nSPS) is 19.3. The minimum Gasteiger partial charge on any atom is -0.461 e. The number of hydrogen-bond donors (Lipinski definition) is 0. The molecule has 3 saturated heterocycles. The molecular formula is C35H32ClF3N6O2. The maximum atomic E-state index is 16.8. The number of aromatic nitrogens is 2. The lowest BCUT2D eigenvalue weighted by Gasteiger charge is -2.41. The van der Waals surface area contributed by atoms with Gasteiger partial charge < -0.3 is 14.5 Å². The van der Waals surface area contributed by atoms with Gasteiger partial charge in [-0.2, -0.15) is 15.2 Å². The van der Waals surface area contributed by atoms with E-state index >= 15 is 8.78 Å². The average Bonchev–Trinajstić information content (AvgIpc) is 3.64. The number of ether oxygens (including phenoxy) is 1. The zero-order valence-electron chi connectivity index (χ0n) is 25.6. The van der Waals surface area contributed by atoms with Crippen LogP contribution in [0.25, 0.3) is 32.8 Å². The molecule has 242 valence electrons. The Morgan fingerprint density at radius 2 is 1.85 bits per heavy atom. The van der Waals surface area contributed by atoms with Crippen LogP contribution in [0.1, 0.15) is 32.1 Å². The van der Waals surface area contributed by atoms with Crippen LogP contribution in [0.4, 0.5) is 19.0 Å². The smallest absolute Gasteiger partial charge is 0.319 e. The highest BCUT2D eigenvalue weighted by atomic mass is 35.5. The third kappa shape index (κ3) is 5.43. The van der Waals surface area contributed by atoms with Crippen LogP contribution < -0.4 is 9.64 Å². The van der Waals surface area contributed by atoms with Gasteiger partial charge in [0.25, 0.3) is 5.91 Å². The zero-order chi connectivity index (χ0) is 32.9. The number of anilines is 1. The summed E-state index contributed by atoms with van der Waals surface area (Å²) >= 11 is 6.55. The minimum atomic E-state index is -1.12. The minimum absolute atomic E-state index is 0.0471. The summed E-state index contributed by atoms with van der Waals surface area (Å²) in [4.78, 5) is 27.2. The average molecular weight is 661 g/mol. The third-order valence-corrected chi connectivity index (χ3v) is 10.2.